The first-order valence-electron chi connectivity index (χ1n) is 12.4. The second kappa shape index (κ2) is 11.4. The Morgan fingerprint density at radius 2 is 1.54 bits per heavy atom. The molecule has 2 aliphatic rings. The maximum atomic E-state index is 12.3. The van der Waals surface area contributed by atoms with Gasteiger partial charge < -0.3 is 69.3 Å². The first-order chi connectivity index (χ1) is 19.4. The van der Waals surface area contributed by atoms with E-state index in [0.717, 1.165) is 18.2 Å². The van der Waals surface area contributed by atoms with Gasteiger partial charge in [-0.1, -0.05) is 6.07 Å². The summed E-state index contributed by atoms with van der Waals surface area (Å²) in [6.07, 6.45) is -14.3. The van der Waals surface area contributed by atoms with E-state index >= 15 is 0 Å². The van der Waals surface area contributed by atoms with E-state index in [1.807, 2.05) is 0 Å². The number of hydrogen-bond donors (Lipinski definition) is 9. The Kier molecular flexibility index (Phi) is 8.06. The summed E-state index contributed by atoms with van der Waals surface area (Å²) in [5.74, 6) is -1.49. The maximum Gasteiger partial charge on any atom is 0.336 e. The minimum Gasteiger partial charge on any atom is -0.508 e. The van der Waals surface area contributed by atoms with Crippen LogP contribution in [-0.4, -0.2) is 114 Å². The van der Waals surface area contributed by atoms with Crippen molar-refractivity contribution >= 4 is 11.0 Å². The summed E-state index contributed by atoms with van der Waals surface area (Å²) in [4.78, 5) is 12.3. The van der Waals surface area contributed by atoms with Crippen molar-refractivity contribution in [3.8, 4) is 34.1 Å². The maximum absolute atomic E-state index is 12.3. The van der Waals surface area contributed by atoms with Gasteiger partial charge in [0.1, 0.15) is 59.8 Å². The summed E-state index contributed by atoms with van der Waals surface area (Å²) in [7, 11) is 0. The Labute approximate surface area is 230 Å². The molecule has 0 saturated carbocycles. The molecule has 41 heavy (non-hydrogen) atoms. The minimum absolute atomic E-state index is 0.0861. The van der Waals surface area contributed by atoms with Gasteiger partial charge in [-0.3, -0.25) is 0 Å². The van der Waals surface area contributed by atoms with E-state index in [9.17, 15) is 50.8 Å². The van der Waals surface area contributed by atoms with Crippen molar-refractivity contribution < 1.29 is 69.3 Å². The van der Waals surface area contributed by atoms with Crippen LogP contribution in [0, 0.1) is 0 Å². The zero-order valence-corrected chi connectivity index (χ0v) is 21.0. The molecule has 2 fully saturated rings. The lowest BCUT2D eigenvalue weighted by Crippen LogP contribution is -2.61. The fourth-order valence-corrected chi connectivity index (χ4v) is 4.65. The van der Waals surface area contributed by atoms with Crippen molar-refractivity contribution in [1.82, 2.24) is 0 Å². The van der Waals surface area contributed by atoms with Gasteiger partial charge in [0.05, 0.1) is 18.6 Å². The van der Waals surface area contributed by atoms with E-state index in [1.54, 1.807) is 0 Å². The smallest absolute Gasteiger partial charge is 0.336 e. The topological polar surface area (TPSA) is 249 Å². The Hall–Kier alpha value is -3.51. The number of ether oxygens (including phenoxy) is 4. The lowest BCUT2D eigenvalue weighted by atomic mass is 9.98. The third-order valence-corrected chi connectivity index (χ3v) is 6.87. The Morgan fingerprint density at radius 1 is 0.805 bits per heavy atom. The summed E-state index contributed by atoms with van der Waals surface area (Å²) in [5, 5.41) is 91.2. The van der Waals surface area contributed by atoms with Crippen LogP contribution in [-0.2, 0) is 14.2 Å². The van der Waals surface area contributed by atoms with Crippen LogP contribution in [0.3, 0.4) is 0 Å². The highest BCUT2D eigenvalue weighted by Gasteiger charge is 2.46. The lowest BCUT2D eigenvalue weighted by molar-refractivity contribution is -0.307. The molecule has 9 atom stereocenters. The van der Waals surface area contributed by atoms with Crippen molar-refractivity contribution in [2.24, 2.45) is 0 Å². The third kappa shape index (κ3) is 5.67. The Morgan fingerprint density at radius 3 is 2.27 bits per heavy atom. The normalized spacial score (nSPS) is 32.2. The summed E-state index contributed by atoms with van der Waals surface area (Å²) in [5.41, 5.74) is -0.563. The van der Waals surface area contributed by atoms with Gasteiger partial charge in [-0.25, -0.2) is 4.79 Å². The predicted molar refractivity (Wildman–Crippen MR) is 134 cm³/mol. The molecular weight excluding hydrogens is 552 g/mol. The molecule has 3 heterocycles. The van der Waals surface area contributed by atoms with Crippen molar-refractivity contribution in [2.75, 3.05) is 13.2 Å². The largest absolute Gasteiger partial charge is 0.508 e. The Bertz CT molecular complexity index is 1460. The number of phenolic OH excluding ortho intramolecular Hbond substituents is 3. The van der Waals surface area contributed by atoms with Crippen LogP contribution in [0.1, 0.15) is 0 Å². The molecule has 1 aromatic heterocycles. The van der Waals surface area contributed by atoms with Crippen LogP contribution < -0.4 is 10.4 Å². The van der Waals surface area contributed by atoms with E-state index in [2.05, 4.69) is 0 Å². The molecular formula is C26H28O15. The fraction of sp³-hybridized carbons (Fsp3) is 0.423. The molecule has 9 N–H and O–H groups in total. The number of fused-ring (bicyclic) bond motifs is 1. The number of aliphatic hydroxyl groups is 6. The lowest BCUT2D eigenvalue weighted by Gasteiger charge is -2.41. The molecule has 0 spiro atoms. The van der Waals surface area contributed by atoms with Crippen molar-refractivity contribution in [1.29, 1.82) is 0 Å². The van der Waals surface area contributed by atoms with E-state index in [-0.39, 0.29) is 34.5 Å². The van der Waals surface area contributed by atoms with E-state index in [1.165, 1.54) is 18.2 Å². The van der Waals surface area contributed by atoms with E-state index in [0.29, 0.717) is 0 Å². The first-order valence-corrected chi connectivity index (χ1v) is 12.4. The molecule has 15 heteroatoms. The van der Waals surface area contributed by atoms with Crippen molar-refractivity contribution in [3.05, 3.63) is 46.8 Å². The van der Waals surface area contributed by atoms with Crippen LogP contribution in [0.15, 0.2) is 45.6 Å². The second-order valence-corrected chi connectivity index (χ2v) is 9.72. The quantitative estimate of drug-likeness (QED) is 0.115. The zero-order chi connectivity index (χ0) is 29.6. The van der Waals surface area contributed by atoms with E-state index < -0.39 is 84.8 Å². The van der Waals surface area contributed by atoms with Gasteiger partial charge in [0.15, 0.2) is 17.8 Å². The predicted octanol–water partition coefficient (Wildman–Crippen LogP) is -1.78. The summed E-state index contributed by atoms with van der Waals surface area (Å²) in [6.45, 7) is -0.866. The van der Waals surface area contributed by atoms with Gasteiger partial charge >= 0.3 is 5.63 Å². The summed E-state index contributed by atoms with van der Waals surface area (Å²) < 4.78 is 27.2. The van der Waals surface area contributed by atoms with Crippen LogP contribution in [0.25, 0.3) is 22.1 Å². The van der Waals surface area contributed by atoms with Gasteiger partial charge in [-0.15, -0.1) is 0 Å². The van der Waals surface area contributed by atoms with Gasteiger partial charge in [0.2, 0.25) is 6.29 Å². The highest BCUT2D eigenvalue weighted by molar-refractivity contribution is 5.98. The minimum atomic E-state index is -1.83. The molecule has 0 radical (unpaired) electrons. The SMILES string of the molecule is O=c1cc(-c2ccc(O)c(O)c2)c2c(O[C@H]3O[C@@H](CO[C@@H]4OC[C@H](O)[C@H](O)[C@@H]4O)[C@H](O)[C@@H](O)[C@@H]3O)cc(O)cc2o1. The molecule has 0 unspecified atom stereocenters. The Balaban J connectivity index is 1.45. The first kappa shape index (κ1) is 29.0. The van der Waals surface area contributed by atoms with Crippen LogP contribution >= 0.6 is 0 Å². The van der Waals surface area contributed by atoms with Crippen LogP contribution in [0.5, 0.6) is 23.0 Å². The van der Waals surface area contributed by atoms with E-state index in [4.69, 9.17) is 23.4 Å². The van der Waals surface area contributed by atoms with Crippen molar-refractivity contribution in [2.45, 2.75) is 55.3 Å². The monoisotopic (exact) mass is 580 g/mol. The molecule has 2 aliphatic heterocycles. The molecule has 0 bridgehead atoms. The molecule has 222 valence electrons. The molecule has 0 aliphatic carbocycles. The van der Waals surface area contributed by atoms with Gasteiger partial charge in [-0.05, 0) is 17.7 Å². The standard InChI is InChI=1S/C26H28O15/c27-10-4-15-19(11(6-18(31)39-15)9-1-2-12(28)13(29)3-9)16(5-10)40-26-24(36)22(34)21(33)17(41-26)8-38-25-23(35)20(32)14(30)7-37-25/h1-6,14,17,20-30,32-36H,7-8H2/t14-,17-,20-,21-,22+,23-,24-,25-,26-/m0/s1. The van der Waals surface area contributed by atoms with Gasteiger partial charge in [0.25, 0.3) is 0 Å². The number of hydrogen-bond acceptors (Lipinski definition) is 15. The van der Waals surface area contributed by atoms with Crippen molar-refractivity contribution in [3.63, 3.8) is 0 Å². The molecule has 5 rings (SSSR count). The number of aliphatic hydroxyl groups excluding tert-OH is 6. The van der Waals surface area contributed by atoms with Crippen LogP contribution in [0.4, 0.5) is 0 Å². The molecule has 2 aromatic carbocycles. The number of aromatic hydroxyl groups is 3. The fourth-order valence-electron chi connectivity index (χ4n) is 4.65. The average molecular weight is 580 g/mol. The molecule has 3 aromatic rings. The van der Waals surface area contributed by atoms with Crippen LogP contribution in [0.2, 0.25) is 0 Å². The molecule has 2 saturated heterocycles. The average Bonchev–Trinajstić information content (AvgIpc) is 2.93. The highest BCUT2D eigenvalue weighted by Crippen LogP contribution is 2.40. The number of benzene rings is 2. The molecule has 0 amide bonds. The molecule has 15 nitrogen and oxygen atoms in total. The summed E-state index contributed by atoms with van der Waals surface area (Å²) >= 11 is 0. The third-order valence-electron chi connectivity index (χ3n) is 6.87. The number of phenols is 3. The van der Waals surface area contributed by atoms with Gasteiger partial charge in [0, 0.05) is 23.8 Å². The highest BCUT2D eigenvalue weighted by atomic mass is 16.7. The second-order valence-electron chi connectivity index (χ2n) is 9.72. The summed E-state index contributed by atoms with van der Waals surface area (Å²) in [6, 6.07) is 7.08. The number of rotatable bonds is 6. The van der Waals surface area contributed by atoms with Gasteiger partial charge in [-0.2, -0.15) is 0 Å². The zero-order valence-electron chi connectivity index (χ0n) is 21.0.